The van der Waals surface area contributed by atoms with Gasteiger partial charge in [0.05, 0.1) is 4.47 Å². The van der Waals surface area contributed by atoms with E-state index in [1.807, 2.05) is 6.92 Å². The van der Waals surface area contributed by atoms with Crippen LogP contribution in [0.2, 0.25) is 0 Å². The molecule has 0 bridgehead atoms. The number of carbonyl (C=O) groups excluding carboxylic acids is 1. The average Bonchev–Trinajstić information content (AvgIpc) is 2.55. The predicted molar refractivity (Wildman–Crippen MR) is 95.9 cm³/mol. The van der Waals surface area contributed by atoms with Crippen molar-refractivity contribution in [2.45, 2.75) is 11.8 Å². The van der Waals surface area contributed by atoms with E-state index in [4.69, 9.17) is 15.2 Å². The summed E-state index contributed by atoms with van der Waals surface area (Å²) in [5.74, 6) is -0.767. The van der Waals surface area contributed by atoms with Crippen LogP contribution < -0.4 is 9.92 Å². The fourth-order valence-corrected chi connectivity index (χ4v) is 3.40. The van der Waals surface area contributed by atoms with Crippen LogP contribution in [0.5, 0.6) is 5.75 Å². The molecule has 2 aromatic carbocycles. The molecule has 0 unspecified atom stereocenters. The Bertz CT molecular complexity index is 990. The lowest BCUT2D eigenvalue weighted by molar-refractivity contribution is -0.114. The van der Waals surface area contributed by atoms with Gasteiger partial charge in [-0.15, -0.1) is 0 Å². The summed E-state index contributed by atoms with van der Waals surface area (Å²) in [4.78, 5) is 11.1. The number of amides is 1. The van der Waals surface area contributed by atoms with Gasteiger partial charge in [0.2, 0.25) is 0 Å². The molecule has 2 aromatic rings. The Morgan fingerprint density at radius 2 is 1.88 bits per heavy atom. The number of hydrogen-bond donors (Lipinski definition) is 1. The highest BCUT2D eigenvalue weighted by Gasteiger charge is 2.18. The minimum atomic E-state index is -3.98. The first-order valence-electron chi connectivity index (χ1n) is 6.95. The van der Waals surface area contributed by atoms with Crippen LogP contribution in [0.15, 0.2) is 57.4 Å². The van der Waals surface area contributed by atoms with Crippen LogP contribution in [-0.4, -0.2) is 14.3 Å². The van der Waals surface area contributed by atoms with Gasteiger partial charge in [0.25, 0.3) is 5.91 Å². The normalized spacial score (nSPS) is 11.6. The number of nitriles is 1. The lowest BCUT2D eigenvalue weighted by Gasteiger charge is -2.09. The number of hydrogen-bond acceptors (Lipinski definition) is 5. The molecule has 25 heavy (non-hydrogen) atoms. The predicted octanol–water partition coefficient (Wildman–Crippen LogP) is 2.92. The van der Waals surface area contributed by atoms with E-state index in [0.29, 0.717) is 10.0 Å². The first kappa shape index (κ1) is 18.7. The molecule has 2 N–H and O–H groups in total. The van der Waals surface area contributed by atoms with Gasteiger partial charge in [-0.1, -0.05) is 23.8 Å². The van der Waals surface area contributed by atoms with Crippen molar-refractivity contribution in [1.29, 1.82) is 5.26 Å². The molecule has 1 amide bonds. The maximum atomic E-state index is 12.3. The van der Waals surface area contributed by atoms with E-state index >= 15 is 0 Å². The maximum Gasteiger partial charge on any atom is 0.339 e. The molecular formula is C17H13BrN2O4S. The standard InChI is InChI=1S/C17H13BrN2O4S/c1-11-2-5-14(6-3-11)25(22,23)24-16-7-4-12(9-15(16)18)8-13(10-19)17(20)21/h2-9H,1H3,(H2,20,21)/b13-8+. The van der Waals surface area contributed by atoms with Crippen molar-refractivity contribution in [2.75, 3.05) is 0 Å². The average molecular weight is 421 g/mol. The first-order chi connectivity index (χ1) is 11.7. The molecule has 0 fully saturated rings. The third-order valence-corrected chi connectivity index (χ3v) is 5.03. The third kappa shape index (κ3) is 4.68. The van der Waals surface area contributed by atoms with E-state index in [0.717, 1.165) is 5.56 Å². The van der Waals surface area contributed by atoms with Gasteiger partial charge in [0, 0.05) is 0 Å². The molecule has 2 rings (SSSR count). The lowest BCUT2D eigenvalue weighted by atomic mass is 10.1. The van der Waals surface area contributed by atoms with Crippen molar-refractivity contribution < 1.29 is 17.4 Å². The molecule has 0 spiro atoms. The zero-order chi connectivity index (χ0) is 18.6. The fraction of sp³-hybridized carbons (Fsp3) is 0.0588. The molecule has 0 saturated carbocycles. The van der Waals surface area contributed by atoms with Gasteiger partial charge in [-0.3, -0.25) is 4.79 Å². The lowest BCUT2D eigenvalue weighted by Crippen LogP contribution is -2.12. The zero-order valence-electron chi connectivity index (χ0n) is 13.1. The monoisotopic (exact) mass is 420 g/mol. The number of nitrogens with zero attached hydrogens (tertiary/aromatic N) is 1. The van der Waals surface area contributed by atoms with E-state index in [-0.39, 0.29) is 16.2 Å². The Balaban J connectivity index is 2.31. The molecule has 8 heteroatoms. The maximum absolute atomic E-state index is 12.3. The van der Waals surface area contributed by atoms with Gasteiger partial charge in [0.1, 0.15) is 16.5 Å². The summed E-state index contributed by atoms with van der Waals surface area (Å²) in [6, 6.07) is 12.4. The van der Waals surface area contributed by atoms with Crippen LogP contribution in [0.25, 0.3) is 6.08 Å². The van der Waals surface area contributed by atoms with Gasteiger partial charge in [0.15, 0.2) is 5.75 Å². The van der Waals surface area contributed by atoms with E-state index in [1.54, 1.807) is 18.2 Å². The Kier molecular flexibility index (Phi) is 5.62. The Morgan fingerprint density at radius 1 is 1.24 bits per heavy atom. The van der Waals surface area contributed by atoms with Crippen LogP contribution in [-0.2, 0) is 14.9 Å². The first-order valence-corrected chi connectivity index (χ1v) is 9.15. The van der Waals surface area contributed by atoms with Crippen molar-refractivity contribution in [3.8, 4) is 11.8 Å². The molecule has 0 aliphatic rings. The van der Waals surface area contributed by atoms with Crippen molar-refractivity contribution in [3.05, 3.63) is 63.6 Å². The van der Waals surface area contributed by atoms with Gasteiger partial charge < -0.3 is 9.92 Å². The van der Waals surface area contributed by atoms with Crippen LogP contribution in [0.3, 0.4) is 0 Å². The smallest absolute Gasteiger partial charge is 0.339 e. The van der Waals surface area contributed by atoms with Gasteiger partial charge in [-0.2, -0.15) is 13.7 Å². The molecule has 0 aromatic heterocycles. The Hall–Kier alpha value is -2.63. The van der Waals surface area contributed by atoms with Crippen LogP contribution in [0.1, 0.15) is 11.1 Å². The molecule has 128 valence electrons. The van der Waals surface area contributed by atoms with Crippen molar-refractivity contribution in [2.24, 2.45) is 5.73 Å². The summed E-state index contributed by atoms with van der Waals surface area (Å²) in [5.41, 5.74) is 6.28. The second-order valence-electron chi connectivity index (χ2n) is 5.07. The number of halogens is 1. The van der Waals surface area contributed by atoms with Crippen molar-refractivity contribution >= 4 is 38.0 Å². The SMILES string of the molecule is Cc1ccc(S(=O)(=O)Oc2ccc(/C=C(\C#N)C(N)=O)cc2Br)cc1. The number of aryl methyl sites for hydroxylation is 1. The van der Waals surface area contributed by atoms with Crippen molar-refractivity contribution in [1.82, 2.24) is 0 Å². The highest BCUT2D eigenvalue weighted by atomic mass is 79.9. The number of carbonyl (C=O) groups is 1. The molecule has 0 aliphatic carbocycles. The molecule has 0 radical (unpaired) electrons. The summed E-state index contributed by atoms with van der Waals surface area (Å²) < 4.78 is 30.1. The Morgan fingerprint density at radius 3 is 2.40 bits per heavy atom. The molecule has 0 saturated heterocycles. The minimum Gasteiger partial charge on any atom is -0.378 e. The largest absolute Gasteiger partial charge is 0.378 e. The number of primary amides is 1. The van der Waals surface area contributed by atoms with Crippen LogP contribution in [0, 0.1) is 18.3 Å². The van der Waals surface area contributed by atoms with Crippen LogP contribution >= 0.6 is 15.9 Å². The summed E-state index contributed by atoms with van der Waals surface area (Å²) in [6.45, 7) is 1.85. The Labute approximate surface area is 153 Å². The van der Waals surface area contributed by atoms with Crippen molar-refractivity contribution in [3.63, 3.8) is 0 Å². The second kappa shape index (κ2) is 7.51. The number of rotatable bonds is 5. The second-order valence-corrected chi connectivity index (χ2v) is 7.48. The summed E-state index contributed by atoms with van der Waals surface area (Å²) in [5, 5.41) is 8.85. The molecule has 6 nitrogen and oxygen atoms in total. The van der Waals surface area contributed by atoms with Gasteiger partial charge in [-0.25, -0.2) is 0 Å². The highest BCUT2D eigenvalue weighted by molar-refractivity contribution is 9.10. The molecule has 0 heterocycles. The fourth-order valence-electron chi connectivity index (χ4n) is 1.87. The quantitative estimate of drug-likeness (QED) is 0.454. The highest BCUT2D eigenvalue weighted by Crippen LogP contribution is 2.29. The van der Waals surface area contributed by atoms with Crippen LogP contribution in [0.4, 0.5) is 0 Å². The zero-order valence-corrected chi connectivity index (χ0v) is 15.5. The van der Waals surface area contributed by atoms with E-state index in [9.17, 15) is 13.2 Å². The number of nitrogens with two attached hydrogens (primary N) is 1. The topological polar surface area (TPSA) is 110 Å². The number of benzene rings is 2. The van der Waals surface area contributed by atoms with E-state index < -0.39 is 16.0 Å². The molecule has 0 aliphatic heterocycles. The third-order valence-electron chi connectivity index (χ3n) is 3.16. The van der Waals surface area contributed by atoms with E-state index in [1.165, 1.54) is 36.4 Å². The molecular weight excluding hydrogens is 408 g/mol. The van der Waals surface area contributed by atoms with E-state index in [2.05, 4.69) is 15.9 Å². The summed E-state index contributed by atoms with van der Waals surface area (Å²) in [6.07, 6.45) is 1.30. The summed E-state index contributed by atoms with van der Waals surface area (Å²) in [7, 11) is -3.98. The molecule has 0 atom stereocenters. The summed E-state index contributed by atoms with van der Waals surface area (Å²) >= 11 is 3.22. The minimum absolute atomic E-state index is 0.0365. The van der Waals surface area contributed by atoms with Gasteiger partial charge in [-0.05, 0) is 58.8 Å². The van der Waals surface area contributed by atoms with Gasteiger partial charge >= 0.3 is 10.1 Å².